The van der Waals surface area contributed by atoms with Crippen LogP contribution in [0, 0.1) is 24.2 Å². The third-order valence-electron chi connectivity index (χ3n) is 3.42. The van der Waals surface area contributed by atoms with Crippen molar-refractivity contribution < 1.29 is 0 Å². The van der Waals surface area contributed by atoms with Crippen molar-refractivity contribution in [3.63, 3.8) is 0 Å². The van der Waals surface area contributed by atoms with Crippen LogP contribution in [0.3, 0.4) is 0 Å². The molecule has 130 valence electrons. The third kappa shape index (κ3) is 5.87. The van der Waals surface area contributed by atoms with Crippen LogP contribution in [-0.2, 0) is 13.1 Å². The van der Waals surface area contributed by atoms with Gasteiger partial charge in [-0.2, -0.15) is 5.26 Å². The molecular weight excluding hydrogens is 355 g/mol. The summed E-state index contributed by atoms with van der Waals surface area (Å²) in [5.74, 6) is 0. The van der Waals surface area contributed by atoms with Crippen molar-refractivity contribution >= 4 is 35.0 Å². The lowest BCUT2D eigenvalue weighted by Gasteiger charge is -2.11. The summed E-state index contributed by atoms with van der Waals surface area (Å²) in [5, 5.41) is 12.9. The number of aromatic nitrogens is 2. The largest absolute Gasteiger partial charge is 0.378 e. The summed E-state index contributed by atoms with van der Waals surface area (Å²) in [6.45, 7) is 3.42. The molecule has 0 aliphatic heterocycles. The Hall–Kier alpha value is -2.40. The third-order valence-corrected chi connectivity index (χ3v) is 3.99. The van der Waals surface area contributed by atoms with Crippen LogP contribution in [0.1, 0.15) is 31.0 Å². The number of hydrogen-bond acceptors (Lipinski definition) is 3. The first-order valence-electron chi connectivity index (χ1n) is 7.71. The van der Waals surface area contributed by atoms with E-state index >= 15 is 0 Å². The number of aryl methyl sites for hydroxylation is 1. The lowest BCUT2D eigenvalue weighted by molar-refractivity contribution is 0.651. The monoisotopic (exact) mass is 374 g/mol. The number of nitriles is 1. The van der Waals surface area contributed by atoms with Gasteiger partial charge in [0.05, 0.1) is 21.8 Å². The second-order valence-electron chi connectivity index (χ2n) is 5.01. The van der Waals surface area contributed by atoms with Crippen LogP contribution < -0.4 is 5.32 Å². The van der Waals surface area contributed by atoms with E-state index in [1.807, 2.05) is 19.2 Å². The smallest absolute Gasteiger partial charge is 0.0836 e. The number of anilines is 1. The summed E-state index contributed by atoms with van der Waals surface area (Å²) >= 11 is 12.3. The molecule has 0 aromatic carbocycles. The fourth-order valence-corrected chi connectivity index (χ4v) is 2.83. The molecule has 0 saturated carbocycles. The normalized spacial score (nSPS) is 10.1. The highest BCUT2D eigenvalue weighted by Crippen LogP contribution is 2.29. The predicted molar refractivity (Wildman–Crippen MR) is 105 cm³/mol. The van der Waals surface area contributed by atoms with E-state index in [-0.39, 0.29) is 0 Å². The zero-order chi connectivity index (χ0) is 18.7. The van der Waals surface area contributed by atoms with E-state index in [1.165, 1.54) is 0 Å². The molecule has 0 radical (unpaired) electrons. The van der Waals surface area contributed by atoms with E-state index in [9.17, 15) is 0 Å². The van der Waals surface area contributed by atoms with Crippen LogP contribution in [0.4, 0.5) is 5.69 Å². The lowest BCUT2D eigenvalue weighted by Crippen LogP contribution is -2.04. The van der Waals surface area contributed by atoms with Crippen LogP contribution in [0.15, 0.2) is 30.7 Å². The number of nitrogens with one attached hydrogen (secondary N) is 1. The van der Waals surface area contributed by atoms with E-state index in [0.717, 1.165) is 24.2 Å². The maximum atomic E-state index is 8.67. The van der Waals surface area contributed by atoms with Crippen molar-refractivity contribution in [2.75, 3.05) is 5.32 Å². The van der Waals surface area contributed by atoms with Gasteiger partial charge in [-0.1, -0.05) is 29.3 Å². The molecule has 2 aromatic rings. The maximum absolute atomic E-state index is 8.67. The van der Waals surface area contributed by atoms with Gasteiger partial charge in [0.2, 0.25) is 0 Å². The molecule has 25 heavy (non-hydrogen) atoms. The maximum Gasteiger partial charge on any atom is 0.0836 e. The molecule has 2 rings (SSSR count). The molecule has 0 aliphatic carbocycles. The number of rotatable bonds is 7. The molecule has 2 heterocycles. The molecule has 0 bridgehead atoms. The highest BCUT2D eigenvalue weighted by molar-refractivity contribution is 6.38. The Balaban J connectivity index is 0.00000151. The molecule has 6 heteroatoms. The zero-order valence-electron chi connectivity index (χ0n) is 14.0. The van der Waals surface area contributed by atoms with Crippen molar-refractivity contribution in [1.82, 2.24) is 9.55 Å². The number of hydrogen-bond donors (Lipinski definition) is 1. The Kier molecular flexibility index (Phi) is 9.25. The Labute approximate surface area is 159 Å². The molecule has 4 nitrogen and oxygen atoms in total. The van der Waals surface area contributed by atoms with Gasteiger partial charge in [0.15, 0.2) is 0 Å². The molecule has 0 saturated heterocycles. The minimum atomic E-state index is 0.499. The second-order valence-corrected chi connectivity index (χ2v) is 5.83. The second kappa shape index (κ2) is 11.2. The van der Waals surface area contributed by atoms with Crippen LogP contribution in [0.2, 0.25) is 10.0 Å². The first-order chi connectivity index (χ1) is 12.2. The molecule has 0 atom stereocenters. The molecule has 0 aliphatic rings. The van der Waals surface area contributed by atoms with Gasteiger partial charge in [-0.3, -0.25) is 4.98 Å². The average molecular weight is 375 g/mol. The Morgan fingerprint density at radius 2 is 2.00 bits per heavy atom. The molecular formula is C19H20Cl2N4. The van der Waals surface area contributed by atoms with Gasteiger partial charge in [-0.25, -0.2) is 0 Å². The zero-order valence-corrected chi connectivity index (χ0v) is 15.6. The average Bonchev–Trinajstić information content (AvgIpc) is 2.99. The van der Waals surface area contributed by atoms with Crippen LogP contribution >= 0.6 is 23.2 Å². The highest BCUT2D eigenvalue weighted by atomic mass is 35.5. The summed E-state index contributed by atoms with van der Waals surface area (Å²) in [7, 11) is 0. The molecule has 0 spiro atoms. The quantitative estimate of drug-likeness (QED) is 0.522. The predicted octanol–water partition coefficient (Wildman–Crippen LogP) is 5.39. The van der Waals surface area contributed by atoms with Gasteiger partial charge in [0.1, 0.15) is 0 Å². The summed E-state index contributed by atoms with van der Waals surface area (Å²) in [6.07, 6.45) is 18.6. The number of pyridine rings is 1. The minimum absolute atomic E-state index is 0.499. The Bertz CT molecular complexity index is 749. The number of terminal acetylenes is 1. The van der Waals surface area contributed by atoms with E-state index in [1.54, 1.807) is 12.4 Å². The number of halogens is 2. The van der Waals surface area contributed by atoms with Gasteiger partial charge in [-0.05, 0) is 31.1 Å². The SMILES string of the molecule is C#C.C/C=C\c1c(CNc2c(Cl)cncc2Cl)ccn1CCCC#N. The van der Waals surface area contributed by atoms with Gasteiger partial charge < -0.3 is 9.88 Å². The van der Waals surface area contributed by atoms with E-state index in [0.29, 0.717) is 28.7 Å². The first kappa shape index (κ1) is 20.6. The molecule has 2 aromatic heterocycles. The van der Waals surface area contributed by atoms with Crippen LogP contribution in [-0.4, -0.2) is 9.55 Å². The van der Waals surface area contributed by atoms with Gasteiger partial charge >= 0.3 is 0 Å². The molecule has 1 N–H and O–H groups in total. The topological polar surface area (TPSA) is 53.6 Å². The van der Waals surface area contributed by atoms with Gasteiger partial charge in [0, 0.05) is 43.8 Å². The summed E-state index contributed by atoms with van der Waals surface area (Å²) in [4.78, 5) is 3.95. The molecule has 0 amide bonds. The van der Waals surface area contributed by atoms with E-state index in [4.69, 9.17) is 28.5 Å². The van der Waals surface area contributed by atoms with E-state index < -0.39 is 0 Å². The van der Waals surface area contributed by atoms with Gasteiger partial charge in [-0.15, -0.1) is 12.8 Å². The van der Waals surface area contributed by atoms with Crippen molar-refractivity contribution in [2.24, 2.45) is 0 Å². The molecule has 0 unspecified atom stereocenters. The summed E-state index contributed by atoms with van der Waals surface area (Å²) in [6, 6.07) is 4.24. The van der Waals surface area contributed by atoms with Crippen molar-refractivity contribution in [3.8, 4) is 18.9 Å². The van der Waals surface area contributed by atoms with E-state index in [2.05, 4.69) is 45.9 Å². The fraction of sp³-hybridized carbons (Fsp3) is 0.263. The number of nitrogens with zero attached hydrogens (tertiary/aromatic N) is 3. The number of allylic oxidation sites excluding steroid dienone is 1. The van der Waals surface area contributed by atoms with Crippen molar-refractivity contribution in [3.05, 3.63) is 52.0 Å². The van der Waals surface area contributed by atoms with Crippen LogP contribution in [0.5, 0.6) is 0 Å². The summed E-state index contributed by atoms with van der Waals surface area (Å²) in [5.41, 5.74) is 2.95. The Morgan fingerprint density at radius 1 is 1.32 bits per heavy atom. The standard InChI is InChI=1S/C17H18Cl2N4.C2H2/c1-2-5-16-13(6-9-23(16)8-4-3-7-20)10-22-17-14(18)11-21-12-15(17)19;1-2/h2,5-6,9,11-12H,3-4,8,10H2,1H3,(H,21,22);1-2H/b5-2-;. The minimum Gasteiger partial charge on any atom is -0.378 e. The lowest BCUT2D eigenvalue weighted by atomic mass is 10.2. The van der Waals surface area contributed by atoms with Crippen molar-refractivity contribution in [1.29, 1.82) is 5.26 Å². The molecule has 0 fully saturated rings. The summed E-state index contributed by atoms with van der Waals surface area (Å²) < 4.78 is 2.16. The number of unbranched alkanes of at least 4 members (excludes halogenated alkanes) is 1. The van der Waals surface area contributed by atoms with Gasteiger partial charge in [0.25, 0.3) is 0 Å². The Morgan fingerprint density at radius 3 is 2.60 bits per heavy atom. The first-order valence-corrected chi connectivity index (χ1v) is 8.46. The van der Waals surface area contributed by atoms with Crippen molar-refractivity contribution in [2.45, 2.75) is 32.9 Å². The highest BCUT2D eigenvalue weighted by Gasteiger charge is 2.09. The fourth-order valence-electron chi connectivity index (χ4n) is 2.33. The van der Waals surface area contributed by atoms with Crippen LogP contribution in [0.25, 0.3) is 6.08 Å².